The number of hydrogen-bond donors (Lipinski definition) is 0. The average Bonchev–Trinajstić information content (AvgIpc) is 2.34. The third kappa shape index (κ3) is 5.28. The zero-order chi connectivity index (χ0) is 14.4. The molecule has 0 spiro atoms. The topological polar surface area (TPSA) is 65.0 Å². The van der Waals surface area contributed by atoms with Crippen LogP contribution in [0.25, 0.3) is 0 Å². The lowest BCUT2D eigenvalue weighted by atomic mass is 10.3. The molecular weight excluding hydrogens is 293 g/mol. The number of rotatable bonds is 5. The zero-order valence-corrected chi connectivity index (χ0v) is 11.8. The Morgan fingerprint density at radius 1 is 1.26 bits per heavy atom. The van der Waals surface area contributed by atoms with E-state index in [9.17, 15) is 9.59 Å². The Kier molecular flexibility index (Phi) is 5.79. The minimum atomic E-state index is -0.744. The first-order valence-electron chi connectivity index (χ1n) is 5.23. The van der Waals surface area contributed by atoms with Gasteiger partial charge in [0.1, 0.15) is 11.5 Å². The molecule has 0 amide bonds. The molecule has 0 saturated heterocycles. The molecular formula is C12H11Cl2NO4. The van der Waals surface area contributed by atoms with Crippen LogP contribution in [0, 0.1) is 0 Å². The van der Waals surface area contributed by atoms with Crippen LogP contribution in [0.4, 0.5) is 0 Å². The number of benzene rings is 1. The quantitative estimate of drug-likeness (QED) is 0.476. The fourth-order valence-electron chi connectivity index (χ4n) is 0.939. The van der Waals surface area contributed by atoms with Crippen molar-refractivity contribution < 1.29 is 19.2 Å². The van der Waals surface area contributed by atoms with E-state index in [-0.39, 0.29) is 23.1 Å². The summed E-state index contributed by atoms with van der Waals surface area (Å²) in [5.74, 6) is -0.726. The van der Waals surface area contributed by atoms with Gasteiger partial charge in [-0.25, -0.2) is 4.79 Å². The van der Waals surface area contributed by atoms with Gasteiger partial charge in [0.2, 0.25) is 0 Å². The Balaban J connectivity index is 2.51. The fraction of sp³-hybridized carbons (Fsp3) is 0.250. The molecule has 0 heterocycles. The first-order valence-corrected chi connectivity index (χ1v) is 5.99. The fourth-order valence-corrected chi connectivity index (χ4v) is 1.40. The summed E-state index contributed by atoms with van der Waals surface area (Å²) in [7, 11) is 0. The van der Waals surface area contributed by atoms with Crippen LogP contribution < -0.4 is 4.74 Å². The molecule has 0 aliphatic heterocycles. The summed E-state index contributed by atoms with van der Waals surface area (Å²) < 4.78 is 5.13. The second-order valence-corrected chi connectivity index (χ2v) is 4.40. The lowest BCUT2D eigenvalue weighted by molar-refractivity contribution is -0.146. The molecule has 0 aromatic heterocycles. The van der Waals surface area contributed by atoms with E-state index in [2.05, 4.69) is 9.99 Å². The second-order valence-electron chi connectivity index (χ2n) is 3.56. The maximum Gasteiger partial charge on any atom is 0.372 e. The van der Waals surface area contributed by atoms with Gasteiger partial charge in [-0.15, -0.1) is 0 Å². The SMILES string of the molecule is CC(=O)C(C)=NOC(=O)COc1ccc(Cl)cc1Cl. The van der Waals surface area contributed by atoms with E-state index >= 15 is 0 Å². The van der Waals surface area contributed by atoms with Crippen LogP contribution >= 0.6 is 23.2 Å². The number of halogens is 2. The normalized spacial score (nSPS) is 11.1. The van der Waals surface area contributed by atoms with Crippen molar-refractivity contribution in [2.45, 2.75) is 13.8 Å². The summed E-state index contributed by atoms with van der Waals surface area (Å²) in [5, 5.41) is 4.10. The summed E-state index contributed by atoms with van der Waals surface area (Å²) in [6.45, 7) is 2.37. The molecule has 5 nitrogen and oxygen atoms in total. The molecule has 1 aromatic carbocycles. The van der Waals surface area contributed by atoms with Gasteiger partial charge in [0, 0.05) is 11.9 Å². The average molecular weight is 304 g/mol. The van der Waals surface area contributed by atoms with E-state index in [1.165, 1.54) is 26.0 Å². The molecule has 0 unspecified atom stereocenters. The number of carbonyl (C=O) groups excluding carboxylic acids is 2. The number of ether oxygens (including phenoxy) is 1. The van der Waals surface area contributed by atoms with Crippen molar-refractivity contribution in [2.75, 3.05) is 6.61 Å². The Labute approximate surface area is 120 Å². The van der Waals surface area contributed by atoms with Gasteiger partial charge in [0.15, 0.2) is 12.4 Å². The van der Waals surface area contributed by atoms with Gasteiger partial charge in [0.25, 0.3) is 0 Å². The van der Waals surface area contributed by atoms with Crippen LogP contribution in [-0.4, -0.2) is 24.1 Å². The van der Waals surface area contributed by atoms with E-state index in [1.807, 2.05) is 0 Å². The van der Waals surface area contributed by atoms with E-state index in [0.29, 0.717) is 10.8 Å². The number of nitrogens with zero attached hydrogens (tertiary/aromatic N) is 1. The third-order valence-electron chi connectivity index (χ3n) is 2.03. The van der Waals surface area contributed by atoms with Crippen LogP contribution in [0.5, 0.6) is 5.75 Å². The Morgan fingerprint density at radius 3 is 2.53 bits per heavy atom. The molecule has 0 radical (unpaired) electrons. The summed E-state index contributed by atoms with van der Waals surface area (Å²) in [4.78, 5) is 26.6. The molecule has 1 rings (SSSR count). The second kappa shape index (κ2) is 7.11. The summed E-state index contributed by atoms with van der Waals surface area (Å²) in [6.07, 6.45) is 0. The molecule has 7 heteroatoms. The van der Waals surface area contributed by atoms with Gasteiger partial charge >= 0.3 is 5.97 Å². The molecule has 0 aliphatic carbocycles. The van der Waals surface area contributed by atoms with Gasteiger partial charge in [-0.2, -0.15) is 0 Å². The highest BCUT2D eigenvalue weighted by Crippen LogP contribution is 2.27. The van der Waals surface area contributed by atoms with Crippen molar-refractivity contribution in [3.8, 4) is 5.75 Å². The predicted molar refractivity (Wildman–Crippen MR) is 71.8 cm³/mol. The van der Waals surface area contributed by atoms with E-state index in [0.717, 1.165) is 0 Å². The maximum atomic E-state index is 11.3. The molecule has 0 aliphatic rings. The highest BCUT2D eigenvalue weighted by atomic mass is 35.5. The molecule has 0 fully saturated rings. The highest BCUT2D eigenvalue weighted by molar-refractivity contribution is 6.37. The Hall–Kier alpha value is -1.59. The summed E-state index contributed by atoms with van der Waals surface area (Å²) in [5.41, 5.74) is 0.0953. The molecule has 0 atom stereocenters. The van der Waals surface area contributed by atoms with Crippen molar-refractivity contribution in [2.24, 2.45) is 5.16 Å². The lowest BCUT2D eigenvalue weighted by Gasteiger charge is -2.06. The van der Waals surface area contributed by atoms with Crippen molar-refractivity contribution in [3.63, 3.8) is 0 Å². The van der Waals surface area contributed by atoms with Crippen LogP contribution in [0.3, 0.4) is 0 Å². The standard InChI is InChI=1S/C12H11Cl2NO4/c1-7(8(2)16)15-19-12(17)6-18-11-4-3-9(13)5-10(11)14/h3-5H,6H2,1-2H3. The first-order chi connectivity index (χ1) is 8.90. The van der Waals surface area contributed by atoms with Crippen molar-refractivity contribution >= 4 is 40.7 Å². The zero-order valence-electron chi connectivity index (χ0n) is 10.3. The number of oxime groups is 1. The molecule has 0 N–H and O–H groups in total. The molecule has 1 aromatic rings. The number of Topliss-reactive ketones (excluding diaryl/α,β-unsaturated/α-hetero) is 1. The number of hydrogen-bond acceptors (Lipinski definition) is 5. The van der Waals surface area contributed by atoms with E-state index in [4.69, 9.17) is 27.9 Å². The maximum absolute atomic E-state index is 11.3. The predicted octanol–water partition coefficient (Wildman–Crippen LogP) is 2.88. The van der Waals surface area contributed by atoms with E-state index < -0.39 is 5.97 Å². The molecule has 102 valence electrons. The number of ketones is 1. The first kappa shape index (κ1) is 15.5. The van der Waals surface area contributed by atoms with Crippen molar-refractivity contribution in [1.82, 2.24) is 0 Å². The van der Waals surface area contributed by atoms with Crippen molar-refractivity contribution in [1.29, 1.82) is 0 Å². The molecule has 0 bridgehead atoms. The Bertz CT molecular complexity index is 528. The largest absolute Gasteiger partial charge is 0.480 e. The van der Waals surface area contributed by atoms with Crippen LogP contribution in [0.1, 0.15) is 13.8 Å². The highest BCUT2D eigenvalue weighted by Gasteiger charge is 2.08. The minimum absolute atomic E-state index is 0.0953. The van der Waals surface area contributed by atoms with Gasteiger partial charge in [-0.05, 0) is 25.1 Å². The third-order valence-corrected chi connectivity index (χ3v) is 2.56. The van der Waals surface area contributed by atoms with Gasteiger partial charge in [-0.1, -0.05) is 28.4 Å². The van der Waals surface area contributed by atoms with Crippen LogP contribution in [0.15, 0.2) is 23.4 Å². The monoisotopic (exact) mass is 303 g/mol. The van der Waals surface area contributed by atoms with Crippen molar-refractivity contribution in [3.05, 3.63) is 28.2 Å². The molecule has 0 saturated carbocycles. The van der Waals surface area contributed by atoms with E-state index in [1.54, 1.807) is 6.07 Å². The van der Waals surface area contributed by atoms with Crippen LogP contribution in [0.2, 0.25) is 10.0 Å². The molecule has 19 heavy (non-hydrogen) atoms. The van der Waals surface area contributed by atoms with Gasteiger partial charge in [-0.3, -0.25) is 4.79 Å². The summed E-state index contributed by atoms with van der Waals surface area (Å²) >= 11 is 11.6. The summed E-state index contributed by atoms with van der Waals surface area (Å²) in [6, 6.07) is 4.59. The lowest BCUT2D eigenvalue weighted by Crippen LogP contribution is -2.14. The Morgan fingerprint density at radius 2 is 1.95 bits per heavy atom. The minimum Gasteiger partial charge on any atom is -0.480 e. The van der Waals surface area contributed by atoms with Gasteiger partial charge in [0.05, 0.1) is 5.02 Å². The number of carbonyl (C=O) groups is 2. The van der Waals surface area contributed by atoms with Gasteiger partial charge < -0.3 is 9.57 Å². The van der Waals surface area contributed by atoms with Crippen LogP contribution in [-0.2, 0) is 14.4 Å². The smallest absolute Gasteiger partial charge is 0.372 e.